The zero-order valence-electron chi connectivity index (χ0n) is 9.00. The molecule has 1 heteroatoms. The molecule has 1 atom stereocenters. The van der Waals surface area contributed by atoms with Gasteiger partial charge in [-0.1, -0.05) is 32.1 Å². The molecule has 0 saturated heterocycles. The molecule has 0 rings (SSSR count). The quantitative estimate of drug-likeness (QED) is 0.473. The van der Waals surface area contributed by atoms with Gasteiger partial charge >= 0.3 is 0 Å². The lowest BCUT2D eigenvalue weighted by molar-refractivity contribution is 0.497. The van der Waals surface area contributed by atoms with Crippen molar-refractivity contribution in [1.29, 1.82) is 0 Å². The van der Waals surface area contributed by atoms with Crippen LogP contribution in [0.15, 0.2) is 24.8 Å². The fourth-order valence-electron chi connectivity index (χ4n) is 1.02. The van der Waals surface area contributed by atoms with Gasteiger partial charge in [-0.3, -0.25) is 0 Å². The summed E-state index contributed by atoms with van der Waals surface area (Å²) in [5.74, 6) is 0.581. The van der Waals surface area contributed by atoms with Crippen LogP contribution < -0.4 is 5.73 Å². The molecule has 0 aromatic heterocycles. The zero-order chi connectivity index (χ0) is 10.1. The molecule has 0 aliphatic heterocycles. The van der Waals surface area contributed by atoms with E-state index in [-0.39, 0.29) is 0 Å². The minimum Gasteiger partial charge on any atom is -0.327 e. The van der Waals surface area contributed by atoms with Gasteiger partial charge in [0.15, 0.2) is 0 Å². The topological polar surface area (TPSA) is 26.0 Å². The molecule has 0 aromatic rings. The summed E-state index contributed by atoms with van der Waals surface area (Å²) >= 11 is 0. The standard InChI is InChI=1S/C12H23N/c1-4-5-6-7-8-9-10-12(13)11(2)3/h4,8-9,11-12H,1,5-7,10,13H2,2-3H3. The van der Waals surface area contributed by atoms with Gasteiger partial charge in [-0.2, -0.15) is 0 Å². The first-order valence-electron chi connectivity index (χ1n) is 5.20. The summed E-state index contributed by atoms with van der Waals surface area (Å²) < 4.78 is 0. The maximum atomic E-state index is 5.89. The lowest BCUT2D eigenvalue weighted by atomic mass is 10.0. The number of hydrogen-bond donors (Lipinski definition) is 1. The van der Waals surface area contributed by atoms with E-state index in [0.717, 1.165) is 19.3 Å². The third-order valence-corrected chi connectivity index (χ3v) is 2.21. The highest BCUT2D eigenvalue weighted by molar-refractivity contribution is 4.86. The van der Waals surface area contributed by atoms with Crippen LogP contribution in [0.5, 0.6) is 0 Å². The molecular formula is C12H23N. The van der Waals surface area contributed by atoms with E-state index in [1.54, 1.807) is 0 Å². The molecule has 0 amide bonds. The molecule has 0 aromatic carbocycles. The van der Waals surface area contributed by atoms with Gasteiger partial charge in [-0.05, 0) is 31.6 Å². The molecule has 1 unspecified atom stereocenters. The lowest BCUT2D eigenvalue weighted by Gasteiger charge is -2.12. The number of hydrogen-bond acceptors (Lipinski definition) is 1. The van der Waals surface area contributed by atoms with Crippen LogP contribution in [-0.4, -0.2) is 6.04 Å². The summed E-state index contributed by atoms with van der Waals surface area (Å²) in [7, 11) is 0. The van der Waals surface area contributed by atoms with Gasteiger partial charge in [0.05, 0.1) is 0 Å². The second-order valence-electron chi connectivity index (χ2n) is 3.83. The van der Waals surface area contributed by atoms with Crippen molar-refractivity contribution in [2.45, 2.75) is 45.6 Å². The number of unbranched alkanes of at least 4 members (excludes halogenated alkanes) is 2. The predicted octanol–water partition coefficient (Wildman–Crippen LogP) is 3.27. The normalized spacial score (nSPS) is 13.8. The minimum absolute atomic E-state index is 0.315. The van der Waals surface area contributed by atoms with Crippen molar-refractivity contribution in [1.82, 2.24) is 0 Å². The van der Waals surface area contributed by atoms with E-state index in [9.17, 15) is 0 Å². The van der Waals surface area contributed by atoms with Gasteiger partial charge < -0.3 is 5.73 Å². The second-order valence-corrected chi connectivity index (χ2v) is 3.83. The Morgan fingerprint density at radius 1 is 1.23 bits per heavy atom. The van der Waals surface area contributed by atoms with Crippen LogP contribution in [0.1, 0.15) is 39.5 Å². The Hall–Kier alpha value is -0.560. The predicted molar refractivity (Wildman–Crippen MR) is 60.6 cm³/mol. The van der Waals surface area contributed by atoms with E-state index in [0.29, 0.717) is 12.0 Å². The fraction of sp³-hybridized carbons (Fsp3) is 0.667. The van der Waals surface area contributed by atoms with Crippen molar-refractivity contribution in [3.8, 4) is 0 Å². The molecule has 0 aliphatic rings. The minimum atomic E-state index is 0.315. The molecule has 0 bridgehead atoms. The third-order valence-electron chi connectivity index (χ3n) is 2.21. The van der Waals surface area contributed by atoms with Crippen LogP contribution >= 0.6 is 0 Å². The largest absolute Gasteiger partial charge is 0.327 e. The van der Waals surface area contributed by atoms with Crippen LogP contribution in [0.2, 0.25) is 0 Å². The van der Waals surface area contributed by atoms with Crippen molar-refractivity contribution in [3.63, 3.8) is 0 Å². The van der Waals surface area contributed by atoms with Gasteiger partial charge in [-0.25, -0.2) is 0 Å². The van der Waals surface area contributed by atoms with E-state index in [4.69, 9.17) is 5.73 Å². The van der Waals surface area contributed by atoms with Crippen molar-refractivity contribution in [2.75, 3.05) is 0 Å². The van der Waals surface area contributed by atoms with Crippen LogP contribution in [0, 0.1) is 5.92 Å². The average molecular weight is 181 g/mol. The van der Waals surface area contributed by atoms with E-state index in [2.05, 4.69) is 32.6 Å². The van der Waals surface area contributed by atoms with Gasteiger partial charge in [0.1, 0.15) is 0 Å². The molecule has 0 aliphatic carbocycles. The maximum Gasteiger partial charge on any atom is 0.00966 e. The Morgan fingerprint density at radius 3 is 2.46 bits per heavy atom. The molecule has 0 fully saturated rings. The van der Waals surface area contributed by atoms with Crippen molar-refractivity contribution in [2.24, 2.45) is 11.7 Å². The van der Waals surface area contributed by atoms with Gasteiger partial charge in [0, 0.05) is 6.04 Å². The van der Waals surface area contributed by atoms with Crippen molar-refractivity contribution < 1.29 is 0 Å². The summed E-state index contributed by atoms with van der Waals surface area (Å²) in [5, 5.41) is 0. The van der Waals surface area contributed by atoms with Gasteiger partial charge in [0.2, 0.25) is 0 Å². The Bertz CT molecular complexity index is 147. The Morgan fingerprint density at radius 2 is 1.92 bits per heavy atom. The highest BCUT2D eigenvalue weighted by atomic mass is 14.6. The molecule has 0 spiro atoms. The molecular weight excluding hydrogens is 158 g/mol. The molecule has 0 heterocycles. The van der Waals surface area contributed by atoms with Crippen LogP contribution in [0.3, 0.4) is 0 Å². The fourth-order valence-corrected chi connectivity index (χ4v) is 1.02. The van der Waals surface area contributed by atoms with Crippen LogP contribution in [0.4, 0.5) is 0 Å². The molecule has 0 radical (unpaired) electrons. The summed E-state index contributed by atoms with van der Waals surface area (Å²) in [6.45, 7) is 8.01. The van der Waals surface area contributed by atoms with E-state index >= 15 is 0 Å². The smallest absolute Gasteiger partial charge is 0.00966 e. The first-order chi connectivity index (χ1) is 6.18. The van der Waals surface area contributed by atoms with Crippen molar-refractivity contribution in [3.05, 3.63) is 24.8 Å². The SMILES string of the molecule is C=CCCCC=CCC(N)C(C)C. The third kappa shape index (κ3) is 7.79. The highest BCUT2D eigenvalue weighted by Crippen LogP contribution is 2.04. The summed E-state index contributed by atoms with van der Waals surface area (Å²) in [5.41, 5.74) is 5.89. The molecule has 2 N–H and O–H groups in total. The van der Waals surface area contributed by atoms with Crippen LogP contribution in [-0.2, 0) is 0 Å². The monoisotopic (exact) mass is 181 g/mol. The van der Waals surface area contributed by atoms with Crippen LogP contribution in [0.25, 0.3) is 0 Å². The summed E-state index contributed by atoms with van der Waals surface area (Å²) in [4.78, 5) is 0. The van der Waals surface area contributed by atoms with Gasteiger partial charge in [-0.15, -0.1) is 6.58 Å². The summed E-state index contributed by atoms with van der Waals surface area (Å²) in [6, 6.07) is 0.315. The number of allylic oxidation sites excluding steroid dienone is 2. The van der Waals surface area contributed by atoms with Gasteiger partial charge in [0.25, 0.3) is 0 Å². The Balaban J connectivity index is 3.35. The first-order valence-corrected chi connectivity index (χ1v) is 5.20. The molecule has 1 nitrogen and oxygen atoms in total. The zero-order valence-corrected chi connectivity index (χ0v) is 9.00. The number of nitrogens with two attached hydrogens (primary N) is 1. The van der Waals surface area contributed by atoms with E-state index < -0.39 is 0 Å². The van der Waals surface area contributed by atoms with Crippen molar-refractivity contribution >= 4 is 0 Å². The first kappa shape index (κ1) is 12.4. The lowest BCUT2D eigenvalue weighted by Crippen LogP contribution is -2.25. The molecule has 13 heavy (non-hydrogen) atoms. The highest BCUT2D eigenvalue weighted by Gasteiger charge is 2.03. The second kappa shape index (κ2) is 8.06. The Kier molecular flexibility index (Phi) is 7.71. The molecule has 76 valence electrons. The van der Waals surface area contributed by atoms with E-state index in [1.165, 1.54) is 6.42 Å². The Labute approximate surface area is 82.7 Å². The average Bonchev–Trinajstić information content (AvgIpc) is 2.10. The summed E-state index contributed by atoms with van der Waals surface area (Å²) in [6.07, 6.45) is 10.9. The van der Waals surface area contributed by atoms with E-state index in [1.807, 2.05) is 6.08 Å². The maximum absolute atomic E-state index is 5.89. The molecule has 0 saturated carbocycles. The number of rotatable bonds is 7.